The Labute approximate surface area is 156 Å². The number of ether oxygens (including phenoxy) is 1. The van der Waals surface area contributed by atoms with Crippen LogP contribution in [-0.2, 0) is 11.3 Å². The van der Waals surface area contributed by atoms with Crippen LogP contribution in [0.15, 0.2) is 36.7 Å². The normalized spacial score (nSPS) is 16.7. The molecule has 1 N–H and O–H groups in total. The molecule has 1 fully saturated rings. The number of para-hydroxylation sites is 1. The molecule has 0 aliphatic carbocycles. The summed E-state index contributed by atoms with van der Waals surface area (Å²) >= 11 is 0. The van der Waals surface area contributed by atoms with E-state index in [4.69, 9.17) is 4.74 Å². The van der Waals surface area contributed by atoms with Crippen LogP contribution in [0, 0.1) is 10.1 Å². The van der Waals surface area contributed by atoms with Crippen LogP contribution >= 0.6 is 12.4 Å². The lowest BCUT2D eigenvalue weighted by Crippen LogP contribution is -2.49. The van der Waals surface area contributed by atoms with Gasteiger partial charge in [-0.15, -0.1) is 12.4 Å². The van der Waals surface area contributed by atoms with Gasteiger partial charge >= 0.3 is 5.69 Å². The number of amides is 1. The van der Waals surface area contributed by atoms with Crippen LogP contribution in [0.5, 0.6) is 5.75 Å². The summed E-state index contributed by atoms with van der Waals surface area (Å²) in [6, 6.07) is 7.43. The Kier molecular flexibility index (Phi) is 6.53. The molecule has 1 aliphatic heterocycles. The molecule has 0 spiro atoms. The van der Waals surface area contributed by atoms with Crippen molar-refractivity contribution in [1.29, 1.82) is 0 Å². The van der Waals surface area contributed by atoms with Crippen LogP contribution in [0.1, 0.15) is 11.6 Å². The van der Waals surface area contributed by atoms with Gasteiger partial charge in [0.2, 0.25) is 5.91 Å². The van der Waals surface area contributed by atoms with Gasteiger partial charge in [0.1, 0.15) is 24.7 Å². The van der Waals surface area contributed by atoms with Crippen molar-refractivity contribution in [2.75, 3.05) is 26.7 Å². The number of hydrogen-bond acceptors (Lipinski definition) is 6. The van der Waals surface area contributed by atoms with Gasteiger partial charge in [0, 0.05) is 25.2 Å². The highest BCUT2D eigenvalue weighted by atomic mass is 35.5. The number of methoxy groups -OCH3 is 1. The third-order valence-corrected chi connectivity index (χ3v) is 4.19. The van der Waals surface area contributed by atoms with Crippen molar-refractivity contribution in [3.63, 3.8) is 0 Å². The molecular weight excluding hydrogens is 362 g/mol. The highest BCUT2D eigenvalue weighted by molar-refractivity contribution is 5.85. The maximum atomic E-state index is 12.8. The largest absolute Gasteiger partial charge is 0.496 e. The number of piperazine rings is 1. The molecule has 1 amide bonds. The van der Waals surface area contributed by atoms with E-state index in [-0.39, 0.29) is 36.6 Å². The minimum atomic E-state index is -0.531. The minimum absolute atomic E-state index is 0. The monoisotopic (exact) mass is 381 g/mol. The predicted octanol–water partition coefficient (Wildman–Crippen LogP) is 1.39. The van der Waals surface area contributed by atoms with Crippen molar-refractivity contribution in [2.24, 2.45) is 0 Å². The number of halogens is 1. The predicted molar refractivity (Wildman–Crippen MR) is 96.4 cm³/mol. The molecule has 26 heavy (non-hydrogen) atoms. The first-order valence-corrected chi connectivity index (χ1v) is 7.90. The van der Waals surface area contributed by atoms with Gasteiger partial charge < -0.3 is 15.0 Å². The summed E-state index contributed by atoms with van der Waals surface area (Å²) in [6.45, 7) is 1.81. The number of carbonyl (C=O) groups is 1. The lowest BCUT2D eigenvalue weighted by atomic mass is 10.0. The first-order chi connectivity index (χ1) is 12.1. The van der Waals surface area contributed by atoms with Crippen LogP contribution in [-0.4, -0.2) is 52.3 Å². The van der Waals surface area contributed by atoms with E-state index in [1.807, 2.05) is 24.3 Å². The fraction of sp³-hybridized carbons (Fsp3) is 0.375. The molecule has 0 saturated carbocycles. The maximum Gasteiger partial charge on any atom is 0.307 e. The zero-order valence-corrected chi connectivity index (χ0v) is 15.0. The first kappa shape index (κ1) is 19.7. The molecule has 1 aromatic carbocycles. The molecule has 3 rings (SSSR count). The number of nitrogens with zero attached hydrogens (tertiary/aromatic N) is 4. The van der Waals surface area contributed by atoms with E-state index < -0.39 is 4.92 Å². The van der Waals surface area contributed by atoms with Gasteiger partial charge in [0.05, 0.1) is 18.1 Å². The average Bonchev–Trinajstić information content (AvgIpc) is 3.10. The second-order valence-corrected chi connectivity index (χ2v) is 5.70. The molecule has 2 aromatic rings. The van der Waals surface area contributed by atoms with Crippen LogP contribution in [0.4, 0.5) is 5.69 Å². The Balaban J connectivity index is 0.00000243. The highest BCUT2D eigenvalue weighted by Gasteiger charge is 2.30. The molecule has 1 atom stereocenters. The average molecular weight is 382 g/mol. The van der Waals surface area contributed by atoms with E-state index in [0.717, 1.165) is 17.5 Å². The molecule has 10 heteroatoms. The number of aromatic nitrogens is 2. The highest BCUT2D eigenvalue weighted by Crippen LogP contribution is 2.30. The van der Waals surface area contributed by atoms with E-state index in [0.29, 0.717) is 19.6 Å². The van der Waals surface area contributed by atoms with Gasteiger partial charge in [-0.05, 0) is 6.07 Å². The van der Waals surface area contributed by atoms with Gasteiger partial charge in [-0.3, -0.25) is 19.6 Å². The van der Waals surface area contributed by atoms with Crippen molar-refractivity contribution < 1.29 is 14.5 Å². The fourth-order valence-electron chi connectivity index (χ4n) is 2.99. The third-order valence-electron chi connectivity index (χ3n) is 4.19. The zero-order valence-electron chi connectivity index (χ0n) is 14.2. The number of hydrogen-bond donors (Lipinski definition) is 1. The maximum absolute atomic E-state index is 12.8. The summed E-state index contributed by atoms with van der Waals surface area (Å²) in [7, 11) is 1.60. The van der Waals surface area contributed by atoms with E-state index in [1.165, 1.54) is 10.9 Å². The quantitative estimate of drug-likeness (QED) is 0.620. The number of benzene rings is 1. The van der Waals surface area contributed by atoms with Gasteiger partial charge in [0.15, 0.2) is 0 Å². The van der Waals surface area contributed by atoms with Crippen molar-refractivity contribution in [3.8, 4) is 5.75 Å². The van der Waals surface area contributed by atoms with Crippen LogP contribution in [0.2, 0.25) is 0 Å². The summed E-state index contributed by atoms with van der Waals surface area (Å²) < 4.78 is 6.71. The molecule has 1 unspecified atom stereocenters. The smallest absolute Gasteiger partial charge is 0.307 e. The summed E-state index contributed by atoms with van der Waals surface area (Å²) in [4.78, 5) is 24.7. The van der Waals surface area contributed by atoms with Crippen LogP contribution in [0.3, 0.4) is 0 Å². The van der Waals surface area contributed by atoms with Crippen LogP contribution in [0.25, 0.3) is 0 Å². The van der Waals surface area contributed by atoms with Gasteiger partial charge in [-0.1, -0.05) is 18.2 Å². The summed E-state index contributed by atoms with van der Waals surface area (Å²) in [5.74, 6) is 0.583. The molecule has 1 aliphatic rings. The first-order valence-electron chi connectivity index (χ1n) is 7.90. The second-order valence-electron chi connectivity index (χ2n) is 5.70. The summed E-state index contributed by atoms with van der Waals surface area (Å²) in [5, 5.41) is 17.9. The van der Waals surface area contributed by atoms with Gasteiger partial charge in [-0.25, -0.2) is 0 Å². The third kappa shape index (κ3) is 4.12. The van der Waals surface area contributed by atoms with Crippen molar-refractivity contribution >= 4 is 24.0 Å². The van der Waals surface area contributed by atoms with Crippen molar-refractivity contribution in [3.05, 3.63) is 52.3 Å². The molecule has 0 radical (unpaired) electrons. The summed E-state index contributed by atoms with van der Waals surface area (Å²) in [5.41, 5.74) is 0.798. The van der Waals surface area contributed by atoms with E-state index in [9.17, 15) is 14.9 Å². The Bertz CT molecular complexity index is 782. The second kappa shape index (κ2) is 8.63. The Morgan fingerprint density at radius 2 is 2.23 bits per heavy atom. The topological polar surface area (TPSA) is 103 Å². The molecule has 2 heterocycles. The molecule has 1 saturated heterocycles. The van der Waals surface area contributed by atoms with E-state index >= 15 is 0 Å². The molecule has 1 aromatic heterocycles. The molecular formula is C16H20ClN5O4. The number of nitrogens with one attached hydrogen (secondary N) is 1. The van der Waals surface area contributed by atoms with Gasteiger partial charge in [-0.2, -0.15) is 5.10 Å². The number of nitro groups is 1. The lowest BCUT2D eigenvalue weighted by Gasteiger charge is -2.37. The lowest BCUT2D eigenvalue weighted by molar-refractivity contribution is -0.385. The number of carbonyl (C=O) groups excluding carboxylic acids is 1. The van der Waals surface area contributed by atoms with Crippen molar-refractivity contribution in [1.82, 2.24) is 20.0 Å². The van der Waals surface area contributed by atoms with Crippen LogP contribution < -0.4 is 10.1 Å². The van der Waals surface area contributed by atoms with E-state index in [1.54, 1.807) is 12.0 Å². The van der Waals surface area contributed by atoms with Crippen molar-refractivity contribution in [2.45, 2.75) is 12.6 Å². The Morgan fingerprint density at radius 3 is 2.92 bits per heavy atom. The SMILES string of the molecule is COc1ccccc1C1CNCCN1C(=O)Cn1cc([N+](=O)[O-])cn1.Cl. The zero-order chi connectivity index (χ0) is 17.8. The summed E-state index contributed by atoms with van der Waals surface area (Å²) in [6.07, 6.45) is 2.40. The molecule has 9 nitrogen and oxygen atoms in total. The Morgan fingerprint density at radius 1 is 1.46 bits per heavy atom. The standard InChI is InChI=1S/C16H19N5O4.ClH/c1-25-15-5-3-2-4-13(15)14-9-17-6-7-20(14)16(22)11-19-10-12(8-18-19)21(23)24;/h2-5,8,10,14,17H,6-7,9,11H2,1H3;1H. The fourth-order valence-corrected chi connectivity index (χ4v) is 2.99. The number of rotatable bonds is 5. The molecule has 140 valence electrons. The molecule has 0 bridgehead atoms. The Hall–Kier alpha value is -2.65. The van der Waals surface area contributed by atoms with Gasteiger partial charge in [0.25, 0.3) is 0 Å². The van der Waals surface area contributed by atoms with E-state index in [2.05, 4.69) is 10.4 Å². The minimum Gasteiger partial charge on any atom is -0.496 e.